The molecule has 1 fully saturated rings. The average molecular weight is 665 g/mol. The molecule has 0 spiro atoms. The molecule has 10 nitrogen and oxygen atoms in total. The van der Waals surface area contributed by atoms with Crippen molar-refractivity contribution in [1.82, 2.24) is 19.7 Å². The summed E-state index contributed by atoms with van der Waals surface area (Å²) in [5.41, 5.74) is 5.52. The van der Waals surface area contributed by atoms with E-state index in [2.05, 4.69) is 26.4 Å². The molecule has 7 rings (SSSR count). The predicted octanol–water partition coefficient (Wildman–Crippen LogP) is 7.20. The number of para-hydroxylation sites is 1. The van der Waals surface area contributed by atoms with Gasteiger partial charge >= 0.3 is 5.97 Å². The van der Waals surface area contributed by atoms with E-state index in [9.17, 15) is 9.59 Å². The van der Waals surface area contributed by atoms with Crippen molar-refractivity contribution in [1.29, 1.82) is 0 Å². The fourth-order valence-electron chi connectivity index (χ4n) is 6.44. The summed E-state index contributed by atoms with van der Waals surface area (Å²) in [6.45, 7) is 10.2. The Morgan fingerprint density at radius 1 is 1.04 bits per heavy atom. The van der Waals surface area contributed by atoms with Crippen molar-refractivity contribution in [2.24, 2.45) is 0 Å². The number of fused-ring (bicyclic) bond motifs is 2. The lowest BCUT2D eigenvalue weighted by molar-refractivity contribution is 0.00358. The minimum absolute atomic E-state index is 0.131. The molecule has 0 radical (unpaired) electrons. The maximum absolute atomic E-state index is 13.7. The Balaban J connectivity index is 1.18. The summed E-state index contributed by atoms with van der Waals surface area (Å²) < 4.78 is 14.8. The van der Waals surface area contributed by atoms with Crippen LogP contribution in [0.3, 0.4) is 0 Å². The maximum Gasteiger partial charge on any atom is 0.358 e. The van der Waals surface area contributed by atoms with Gasteiger partial charge in [-0.05, 0) is 94.8 Å². The van der Waals surface area contributed by atoms with Gasteiger partial charge in [0.1, 0.15) is 11.4 Å². The monoisotopic (exact) mass is 664 g/mol. The Kier molecular flexibility index (Phi) is 8.74. The van der Waals surface area contributed by atoms with E-state index in [-0.39, 0.29) is 17.7 Å². The van der Waals surface area contributed by atoms with Gasteiger partial charge in [-0.25, -0.2) is 14.8 Å². The van der Waals surface area contributed by atoms with Gasteiger partial charge in [0.05, 0.1) is 29.1 Å². The third kappa shape index (κ3) is 6.70. The van der Waals surface area contributed by atoms with Crippen LogP contribution in [0.2, 0.25) is 0 Å². The number of thiazole rings is 1. The summed E-state index contributed by atoms with van der Waals surface area (Å²) in [4.78, 5) is 38.9. The number of nitrogens with zero attached hydrogens (tertiary/aromatic N) is 5. The van der Waals surface area contributed by atoms with Crippen molar-refractivity contribution in [3.05, 3.63) is 88.9 Å². The summed E-state index contributed by atoms with van der Waals surface area (Å²) in [5, 5.41) is 8.25. The van der Waals surface area contributed by atoms with Crippen molar-refractivity contribution in [2.75, 3.05) is 23.4 Å². The minimum Gasteiger partial charge on any atom is -0.455 e. The molecule has 1 amide bonds. The first-order chi connectivity index (χ1) is 23.1. The molecule has 0 aliphatic carbocycles. The molecule has 0 bridgehead atoms. The van der Waals surface area contributed by atoms with E-state index in [0.29, 0.717) is 41.7 Å². The van der Waals surface area contributed by atoms with Crippen LogP contribution >= 0.6 is 11.3 Å². The largest absolute Gasteiger partial charge is 0.455 e. The summed E-state index contributed by atoms with van der Waals surface area (Å²) in [6, 6.07) is 17.6. The second-order valence-electron chi connectivity index (χ2n) is 13.4. The standard InChI is InChI=1S/C37H40N6O4S/c1-23-28(20-38-43(23)21-25-11-7-8-19-46-25)26-15-16-32(40-33(26)35(45)47-37(2,3)4)42-18-17-24-10-9-12-27(29(24)22-42)34(44)41-36-39-30-13-5-6-14-31(30)48-36/h5-6,9-10,12-16,20,25H,7-8,11,17-19,21-22H2,1-4H3,(H,39,41,44). The lowest BCUT2D eigenvalue weighted by Gasteiger charge is -2.31. The van der Waals surface area contributed by atoms with Crippen LogP contribution in [0.1, 0.15) is 77.7 Å². The number of esters is 1. The highest BCUT2D eigenvalue weighted by atomic mass is 32.1. The van der Waals surface area contributed by atoms with E-state index in [1.54, 1.807) is 6.20 Å². The van der Waals surface area contributed by atoms with Crippen molar-refractivity contribution < 1.29 is 19.1 Å². The highest BCUT2D eigenvalue weighted by molar-refractivity contribution is 7.22. The predicted molar refractivity (Wildman–Crippen MR) is 188 cm³/mol. The summed E-state index contributed by atoms with van der Waals surface area (Å²) in [6.07, 6.45) is 5.93. The first-order valence-corrected chi connectivity index (χ1v) is 17.4. The van der Waals surface area contributed by atoms with Crippen molar-refractivity contribution in [3.8, 4) is 11.1 Å². The van der Waals surface area contributed by atoms with E-state index in [1.165, 1.54) is 11.3 Å². The third-order valence-electron chi connectivity index (χ3n) is 8.87. The van der Waals surface area contributed by atoms with E-state index in [1.807, 2.05) is 80.9 Å². The Hall–Kier alpha value is -4.61. The zero-order valence-corrected chi connectivity index (χ0v) is 28.6. The van der Waals surface area contributed by atoms with Crippen LogP contribution in [0.4, 0.5) is 10.9 Å². The molecular weight excluding hydrogens is 625 g/mol. The van der Waals surface area contributed by atoms with Crippen LogP contribution in [0, 0.1) is 6.92 Å². The smallest absolute Gasteiger partial charge is 0.358 e. The summed E-state index contributed by atoms with van der Waals surface area (Å²) in [7, 11) is 0. The Morgan fingerprint density at radius 2 is 1.90 bits per heavy atom. The molecule has 1 atom stereocenters. The topological polar surface area (TPSA) is 111 Å². The highest BCUT2D eigenvalue weighted by Gasteiger charge is 2.28. The van der Waals surface area contributed by atoms with E-state index in [4.69, 9.17) is 14.5 Å². The molecule has 248 valence electrons. The fraction of sp³-hybridized carbons (Fsp3) is 0.378. The van der Waals surface area contributed by atoms with Gasteiger partial charge in [0.25, 0.3) is 5.91 Å². The van der Waals surface area contributed by atoms with E-state index in [0.717, 1.165) is 64.9 Å². The molecule has 5 aromatic rings. The first-order valence-electron chi connectivity index (χ1n) is 16.5. The second kappa shape index (κ2) is 13.1. The fourth-order valence-corrected chi connectivity index (χ4v) is 7.30. The summed E-state index contributed by atoms with van der Waals surface area (Å²) >= 11 is 1.45. The van der Waals surface area contributed by atoms with Crippen LogP contribution in [0.15, 0.2) is 60.8 Å². The lowest BCUT2D eigenvalue weighted by atomic mass is 9.94. The molecule has 2 aromatic carbocycles. The SMILES string of the molecule is Cc1c(-c2ccc(N3CCc4cccc(C(=O)Nc5nc6ccccc6s5)c4C3)nc2C(=O)OC(C)(C)C)cnn1CC1CCCCO1. The number of carbonyl (C=O) groups is 2. The van der Waals surface area contributed by atoms with Crippen LogP contribution < -0.4 is 10.2 Å². The van der Waals surface area contributed by atoms with Gasteiger partial charge < -0.3 is 14.4 Å². The number of anilines is 2. The van der Waals surface area contributed by atoms with Crippen molar-refractivity contribution in [3.63, 3.8) is 0 Å². The zero-order chi connectivity index (χ0) is 33.4. The first kappa shape index (κ1) is 32.0. The Bertz CT molecular complexity index is 1950. The molecule has 0 saturated carbocycles. The van der Waals surface area contributed by atoms with E-state index >= 15 is 0 Å². The number of aromatic nitrogens is 4. The Morgan fingerprint density at radius 3 is 2.69 bits per heavy atom. The lowest BCUT2D eigenvalue weighted by Crippen LogP contribution is -2.33. The van der Waals surface area contributed by atoms with Gasteiger partial charge in [-0.15, -0.1) is 0 Å². The van der Waals surface area contributed by atoms with Gasteiger partial charge in [0.2, 0.25) is 0 Å². The number of hydrogen-bond acceptors (Lipinski definition) is 9. The summed E-state index contributed by atoms with van der Waals surface area (Å²) in [5.74, 6) is -0.0423. The number of ether oxygens (including phenoxy) is 2. The molecule has 2 aliphatic heterocycles. The van der Waals surface area contributed by atoms with Gasteiger partial charge in [-0.1, -0.05) is 35.6 Å². The number of carbonyl (C=O) groups excluding carboxylic acids is 2. The third-order valence-corrected chi connectivity index (χ3v) is 9.82. The van der Waals surface area contributed by atoms with Crippen LogP contribution in [0.5, 0.6) is 0 Å². The molecule has 2 aliphatic rings. The average Bonchev–Trinajstić information content (AvgIpc) is 3.65. The number of nitrogens with one attached hydrogen (secondary N) is 1. The molecule has 3 aromatic heterocycles. The number of pyridine rings is 1. The molecule has 48 heavy (non-hydrogen) atoms. The van der Waals surface area contributed by atoms with Crippen LogP contribution in [-0.4, -0.2) is 56.5 Å². The zero-order valence-electron chi connectivity index (χ0n) is 27.8. The van der Waals surface area contributed by atoms with Crippen molar-refractivity contribution in [2.45, 2.75) is 78.2 Å². The number of hydrogen-bond donors (Lipinski definition) is 1. The van der Waals surface area contributed by atoms with Crippen LogP contribution in [-0.2, 0) is 29.0 Å². The highest BCUT2D eigenvalue weighted by Crippen LogP contribution is 2.33. The Labute approximate surface area is 284 Å². The van der Waals surface area contributed by atoms with E-state index < -0.39 is 11.6 Å². The number of benzene rings is 2. The molecule has 1 N–H and O–H groups in total. The quantitative estimate of drug-likeness (QED) is 0.182. The number of amides is 1. The van der Waals surface area contributed by atoms with Crippen molar-refractivity contribution >= 4 is 44.4 Å². The second-order valence-corrected chi connectivity index (χ2v) is 14.5. The molecule has 5 heterocycles. The molecule has 11 heteroatoms. The van der Waals surface area contributed by atoms with Gasteiger partial charge in [0, 0.05) is 42.1 Å². The maximum atomic E-state index is 13.7. The minimum atomic E-state index is -0.695. The molecular formula is C37H40N6O4S. The van der Waals surface area contributed by atoms with Gasteiger partial charge in [0.15, 0.2) is 10.8 Å². The van der Waals surface area contributed by atoms with Gasteiger partial charge in [-0.2, -0.15) is 5.10 Å². The number of rotatable bonds is 7. The van der Waals surface area contributed by atoms with Crippen LogP contribution in [0.25, 0.3) is 21.3 Å². The van der Waals surface area contributed by atoms with Gasteiger partial charge in [-0.3, -0.25) is 14.8 Å². The molecule has 1 saturated heterocycles. The normalized spacial score (nSPS) is 16.5. The molecule has 1 unspecified atom stereocenters.